The number of halogens is 1. The Balaban J connectivity index is 1.81. The summed E-state index contributed by atoms with van der Waals surface area (Å²) in [5.41, 5.74) is 3.39. The van der Waals surface area contributed by atoms with Crippen molar-refractivity contribution in [3.63, 3.8) is 0 Å². The van der Waals surface area contributed by atoms with E-state index < -0.39 is 0 Å². The lowest BCUT2D eigenvalue weighted by atomic mass is 9.71. The van der Waals surface area contributed by atoms with Crippen LogP contribution >= 0.6 is 15.9 Å². The van der Waals surface area contributed by atoms with Crippen LogP contribution in [0.25, 0.3) is 0 Å². The highest BCUT2D eigenvalue weighted by Gasteiger charge is 2.28. The Kier molecular flexibility index (Phi) is 3.75. The Morgan fingerprint density at radius 3 is 2.59 bits per heavy atom. The molecule has 0 aromatic carbocycles. The van der Waals surface area contributed by atoms with Gasteiger partial charge < -0.3 is 0 Å². The van der Waals surface area contributed by atoms with Gasteiger partial charge in [0.25, 0.3) is 0 Å². The van der Waals surface area contributed by atoms with Crippen LogP contribution in [0.2, 0.25) is 0 Å². The molecule has 1 heteroatoms. The first-order chi connectivity index (χ1) is 8.34. The molecule has 1 saturated carbocycles. The van der Waals surface area contributed by atoms with Crippen LogP contribution in [-0.2, 0) is 0 Å². The van der Waals surface area contributed by atoms with E-state index in [4.69, 9.17) is 0 Å². The maximum atomic E-state index is 3.82. The van der Waals surface area contributed by atoms with Crippen LogP contribution in [0.15, 0.2) is 21.7 Å². The molecule has 0 radical (unpaired) electrons. The SMILES string of the molecule is BrC1=C(C2=C[C@@H]3CCCC[C@H]3CC2)CCCC1. The van der Waals surface area contributed by atoms with Gasteiger partial charge in [-0.3, -0.25) is 0 Å². The van der Waals surface area contributed by atoms with Crippen molar-refractivity contribution < 1.29 is 0 Å². The highest BCUT2D eigenvalue weighted by Crippen LogP contribution is 2.43. The van der Waals surface area contributed by atoms with Crippen LogP contribution in [-0.4, -0.2) is 0 Å². The molecule has 0 amide bonds. The van der Waals surface area contributed by atoms with Crippen LogP contribution < -0.4 is 0 Å². The van der Waals surface area contributed by atoms with E-state index in [-0.39, 0.29) is 0 Å². The molecule has 17 heavy (non-hydrogen) atoms. The average Bonchev–Trinajstić information content (AvgIpc) is 2.39. The number of hydrogen-bond acceptors (Lipinski definition) is 0. The summed E-state index contributed by atoms with van der Waals surface area (Å²) in [5.74, 6) is 1.94. The van der Waals surface area contributed by atoms with Crippen molar-refractivity contribution >= 4 is 15.9 Å². The Bertz CT molecular complexity index is 351. The first-order valence-electron chi connectivity index (χ1n) is 7.43. The van der Waals surface area contributed by atoms with E-state index in [1.165, 1.54) is 68.7 Å². The van der Waals surface area contributed by atoms with Crippen LogP contribution in [0, 0.1) is 11.8 Å². The van der Waals surface area contributed by atoms with E-state index in [0.717, 1.165) is 11.8 Å². The third-order valence-corrected chi connectivity index (χ3v) is 5.83. The van der Waals surface area contributed by atoms with Gasteiger partial charge in [0, 0.05) is 0 Å². The quantitative estimate of drug-likeness (QED) is 0.579. The molecule has 0 unspecified atom stereocenters. The van der Waals surface area contributed by atoms with Crippen molar-refractivity contribution in [1.82, 2.24) is 0 Å². The minimum atomic E-state index is 0.919. The summed E-state index contributed by atoms with van der Waals surface area (Å²) in [6.45, 7) is 0. The normalized spacial score (nSPS) is 34.3. The van der Waals surface area contributed by atoms with Gasteiger partial charge in [0.2, 0.25) is 0 Å². The largest absolute Gasteiger partial charge is 0.0776 e. The molecule has 0 heterocycles. The summed E-state index contributed by atoms with van der Waals surface area (Å²) in [4.78, 5) is 0. The van der Waals surface area contributed by atoms with E-state index >= 15 is 0 Å². The Labute approximate surface area is 114 Å². The highest BCUT2D eigenvalue weighted by atomic mass is 79.9. The van der Waals surface area contributed by atoms with Gasteiger partial charge in [0.1, 0.15) is 0 Å². The van der Waals surface area contributed by atoms with Crippen LogP contribution in [0.4, 0.5) is 0 Å². The third-order valence-electron chi connectivity index (χ3n) is 4.96. The fraction of sp³-hybridized carbons (Fsp3) is 0.750. The van der Waals surface area contributed by atoms with Gasteiger partial charge >= 0.3 is 0 Å². The van der Waals surface area contributed by atoms with E-state index in [2.05, 4.69) is 22.0 Å². The Morgan fingerprint density at radius 2 is 1.71 bits per heavy atom. The molecule has 0 spiro atoms. The first kappa shape index (κ1) is 12.0. The molecule has 3 aliphatic carbocycles. The number of hydrogen-bond donors (Lipinski definition) is 0. The number of fused-ring (bicyclic) bond motifs is 1. The Hall–Kier alpha value is -0.0400. The van der Waals surface area contributed by atoms with Crippen molar-refractivity contribution in [3.05, 3.63) is 21.7 Å². The lowest BCUT2D eigenvalue weighted by Gasteiger charge is -2.35. The second-order valence-electron chi connectivity index (χ2n) is 6.03. The van der Waals surface area contributed by atoms with Gasteiger partial charge in [0.15, 0.2) is 0 Å². The van der Waals surface area contributed by atoms with Gasteiger partial charge in [-0.05, 0) is 78.8 Å². The zero-order valence-corrected chi connectivity index (χ0v) is 12.3. The zero-order chi connectivity index (χ0) is 11.7. The molecule has 94 valence electrons. The molecule has 0 saturated heterocycles. The minimum absolute atomic E-state index is 0.919. The maximum Gasteiger partial charge on any atom is -0.00147 e. The molecular formula is C16H23Br. The summed E-state index contributed by atoms with van der Waals surface area (Å²) < 4.78 is 1.52. The average molecular weight is 295 g/mol. The van der Waals surface area contributed by atoms with Gasteiger partial charge in [-0.15, -0.1) is 0 Å². The van der Waals surface area contributed by atoms with Crippen molar-refractivity contribution in [2.75, 3.05) is 0 Å². The third kappa shape index (κ3) is 2.54. The molecule has 0 aromatic rings. The van der Waals surface area contributed by atoms with Gasteiger partial charge in [-0.25, -0.2) is 0 Å². The van der Waals surface area contributed by atoms with E-state index in [0.29, 0.717) is 0 Å². The van der Waals surface area contributed by atoms with Crippen molar-refractivity contribution in [2.45, 2.75) is 64.2 Å². The lowest BCUT2D eigenvalue weighted by Crippen LogP contribution is -2.22. The maximum absolute atomic E-state index is 3.82. The fourth-order valence-corrected chi connectivity index (χ4v) is 4.68. The highest BCUT2D eigenvalue weighted by molar-refractivity contribution is 9.11. The van der Waals surface area contributed by atoms with Crippen LogP contribution in [0.1, 0.15) is 64.2 Å². The lowest BCUT2D eigenvalue weighted by molar-refractivity contribution is 0.256. The second kappa shape index (κ2) is 5.30. The summed E-state index contributed by atoms with van der Waals surface area (Å²) in [7, 11) is 0. The molecule has 0 N–H and O–H groups in total. The molecule has 3 rings (SSSR count). The topological polar surface area (TPSA) is 0 Å². The monoisotopic (exact) mass is 294 g/mol. The predicted octanol–water partition coefficient (Wildman–Crippen LogP) is 5.74. The predicted molar refractivity (Wildman–Crippen MR) is 77.2 cm³/mol. The summed E-state index contributed by atoms with van der Waals surface area (Å²) in [5, 5.41) is 0. The molecule has 0 aromatic heterocycles. The van der Waals surface area contributed by atoms with Gasteiger partial charge in [-0.1, -0.05) is 34.8 Å². The smallest absolute Gasteiger partial charge is 0.00147 e. The first-order valence-corrected chi connectivity index (χ1v) is 8.22. The summed E-state index contributed by atoms with van der Waals surface area (Å²) in [6, 6.07) is 0. The second-order valence-corrected chi connectivity index (χ2v) is 6.99. The molecule has 0 bridgehead atoms. The van der Waals surface area contributed by atoms with Crippen LogP contribution in [0.5, 0.6) is 0 Å². The number of allylic oxidation sites excluding steroid dienone is 4. The van der Waals surface area contributed by atoms with Crippen molar-refractivity contribution in [3.8, 4) is 0 Å². The minimum Gasteiger partial charge on any atom is -0.0776 e. The summed E-state index contributed by atoms with van der Waals surface area (Å²) >= 11 is 3.82. The Morgan fingerprint density at radius 1 is 0.882 bits per heavy atom. The standard InChI is InChI=1S/C16H23Br/c17-16-8-4-3-7-15(16)14-10-9-12-5-1-2-6-13(12)11-14/h11-13H,1-10H2/t12-,13-/m0/s1. The molecule has 1 fully saturated rings. The van der Waals surface area contributed by atoms with E-state index in [9.17, 15) is 0 Å². The summed E-state index contributed by atoms with van der Waals surface area (Å²) in [6.07, 6.45) is 16.8. The number of rotatable bonds is 1. The molecule has 0 nitrogen and oxygen atoms in total. The molecule has 0 aliphatic heterocycles. The van der Waals surface area contributed by atoms with Crippen molar-refractivity contribution in [1.29, 1.82) is 0 Å². The molecular weight excluding hydrogens is 272 g/mol. The molecule has 2 atom stereocenters. The fourth-order valence-electron chi connectivity index (χ4n) is 3.95. The molecule has 3 aliphatic rings. The van der Waals surface area contributed by atoms with Crippen molar-refractivity contribution in [2.24, 2.45) is 11.8 Å². The van der Waals surface area contributed by atoms with E-state index in [1.54, 1.807) is 11.1 Å². The zero-order valence-electron chi connectivity index (χ0n) is 10.7. The van der Waals surface area contributed by atoms with Gasteiger partial charge in [0.05, 0.1) is 0 Å². The van der Waals surface area contributed by atoms with Crippen LogP contribution in [0.3, 0.4) is 0 Å². The van der Waals surface area contributed by atoms with E-state index in [1.807, 2.05) is 0 Å². The van der Waals surface area contributed by atoms with Gasteiger partial charge in [-0.2, -0.15) is 0 Å².